The number of carbonyl (C=O) groups is 1. The summed E-state index contributed by atoms with van der Waals surface area (Å²) in [6, 6.07) is 17.9. The summed E-state index contributed by atoms with van der Waals surface area (Å²) in [7, 11) is 0.917. The van der Waals surface area contributed by atoms with E-state index in [1.54, 1.807) is 7.05 Å². The van der Waals surface area contributed by atoms with Crippen molar-refractivity contribution in [2.75, 3.05) is 26.9 Å². The molecule has 0 saturated carbocycles. The first kappa shape index (κ1) is 18.2. The van der Waals surface area contributed by atoms with Crippen molar-refractivity contribution in [1.82, 2.24) is 9.21 Å². The Hall–Kier alpha value is -2.18. The molecule has 6 heteroatoms. The minimum atomic E-state index is -3.54. The molecule has 0 aromatic heterocycles. The summed E-state index contributed by atoms with van der Waals surface area (Å²) < 4.78 is 24.6. The molecule has 0 bridgehead atoms. The maximum absolute atomic E-state index is 12.1. The van der Waals surface area contributed by atoms with Crippen molar-refractivity contribution in [3.05, 3.63) is 60.2 Å². The first-order chi connectivity index (χ1) is 11.3. The van der Waals surface area contributed by atoms with Gasteiger partial charge < -0.3 is 4.90 Å². The van der Waals surface area contributed by atoms with Crippen LogP contribution in [0.15, 0.2) is 54.6 Å². The third-order valence-electron chi connectivity index (χ3n) is 3.77. The molecule has 0 N–H and O–H groups in total. The van der Waals surface area contributed by atoms with Crippen LogP contribution in [0.4, 0.5) is 0 Å². The van der Waals surface area contributed by atoms with Gasteiger partial charge in [0.15, 0.2) is 0 Å². The largest absolute Gasteiger partial charge is 0.341 e. The fraction of sp³-hybridized carbons (Fsp3) is 0.278. The molecule has 0 heterocycles. The van der Waals surface area contributed by atoms with E-state index in [9.17, 15) is 13.2 Å². The maximum atomic E-state index is 12.1. The molecule has 0 aliphatic carbocycles. The Balaban J connectivity index is 2.02. The maximum Gasteiger partial charge on any atom is 0.239 e. The van der Waals surface area contributed by atoms with E-state index in [2.05, 4.69) is 0 Å². The lowest BCUT2D eigenvalue weighted by Gasteiger charge is -2.19. The number of hydrogen-bond donors (Lipinski definition) is 0. The van der Waals surface area contributed by atoms with Gasteiger partial charge in [0.25, 0.3) is 0 Å². The molecular weight excluding hydrogens is 324 g/mol. The Bertz CT molecular complexity index is 785. The Labute approximate surface area is 143 Å². The first-order valence-electron chi connectivity index (χ1n) is 7.58. The van der Waals surface area contributed by atoms with E-state index in [1.165, 1.54) is 19.0 Å². The van der Waals surface area contributed by atoms with Gasteiger partial charge in [-0.1, -0.05) is 54.6 Å². The van der Waals surface area contributed by atoms with Crippen LogP contribution in [0.5, 0.6) is 0 Å². The molecule has 0 atom stereocenters. The lowest BCUT2D eigenvalue weighted by atomic mass is 10.0. The summed E-state index contributed by atoms with van der Waals surface area (Å²) in [6.07, 6.45) is 0. The topological polar surface area (TPSA) is 57.7 Å². The van der Waals surface area contributed by atoms with Gasteiger partial charge in [0.05, 0.1) is 0 Å². The third-order valence-corrected chi connectivity index (χ3v) is 5.49. The number of nitrogens with zero attached hydrogens (tertiary/aromatic N) is 2. The fourth-order valence-electron chi connectivity index (χ4n) is 2.19. The molecule has 0 aliphatic heterocycles. The molecule has 0 radical (unpaired) electrons. The summed E-state index contributed by atoms with van der Waals surface area (Å²) in [5.41, 5.74) is 3.18. The summed E-state index contributed by atoms with van der Waals surface area (Å²) in [6.45, 7) is 0.372. The van der Waals surface area contributed by atoms with Gasteiger partial charge in [-0.05, 0) is 16.7 Å². The minimum absolute atomic E-state index is 0.372. The van der Waals surface area contributed by atoms with E-state index in [4.69, 9.17) is 0 Å². The van der Waals surface area contributed by atoms with Crippen molar-refractivity contribution in [2.45, 2.75) is 6.54 Å². The van der Waals surface area contributed by atoms with Crippen molar-refractivity contribution in [3.8, 4) is 11.1 Å². The number of sulfonamides is 1. The predicted octanol–water partition coefficient (Wildman–Crippen LogP) is 2.20. The van der Waals surface area contributed by atoms with E-state index in [1.807, 2.05) is 54.6 Å². The van der Waals surface area contributed by atoms with Crippen molar-refractivity contribution in [1.29, 1.82) is 0 Å². The molecule has 2 aromatic rings. The van der Waals surface area contributed by atoms with Gasteiger partial charge in [0, 0.05) is 27.7 Å². The minimum Gasteiger partial charge on any atom is -0.341 e. The SMILES string of the molecule is CN(Cc1ccc(-c2ccccc2)cc1)C(=O)CS(=O)(=O)N(C)C. The molecule has 0 spiro atoms. The molecule has 128 valence electrons. The van der Waals surface area contributed by atoms with E-state index in [0.717, 1.165) is 21.0 Å². The van der Waals surface area contributed by atoms with Crippen molar-refractivity contribution in [2.24, 2.45) is 0 Å². The van der Waals surface area contributed by atoms with Crippen molar-refractivity contribution >= 4 is 15.9 Å². The highest BCUT2D eigenvalue weighted by molar-refractivity contribution is 7.89. The fourth-order valence-corrected chi connectivity index (χ4v) is 2.98. The lowest BCUT2D eigenvalue weighted by molar-refractivity contribution is -0.127. The number of rotatable bonds is 6. The van der Waals surface area contributed by atoms with Gasteiger partial charge in [0.1, 0.15) is 5.75 Å². The van der Waals surface area contributed by atoms with Crippen LogP contribution in [0.2, 0.25) is 0 Å². The second-order valence-corrected chi connectivity index (χ2v) is 8.03. The molecular formula is C18H22N2O3S. The Morgan fingerprint density at radius 3 is 1.96 bits per heavy atom. The molecule has 2 aromatic carbocycles. The van der Waals surface area contributed by atoms with Crippen LogP contribution in [0, 0.1) is 0 Å². The summed E-state index contributed by atoms with van der Waals surface area (Å²) in [5.74, 6) is -0.936. The molecule has 0 aliphatic rings. The Morgan fingerprint density at radius 1 is 0.875 bits per heavy atom. The zero-order chi connectivity index (χ0) is 17.7. The van der Waals surface area contributed by atoms with Crippen LogP contribution in [-0.4, -0.2) is 50.4 Å². The molecule has 1 amide bonds. The van der Waals surface area contributed by atoms with Crippen LogP contribution < -0.4 is 0 Å². The molecule has 5 nitrogen and oxygen atoms in total. The highest BCUT2D eigenvalue weighted by atomic mass is 32.2. The quantitative estimate of drug-likeness (QED) is 0.806. The van der Waals surface area contributed by atoms with Gasteiger partial charge in [-0.3, -0.25) is 4.79 Å². The number of amides is 1. The van der Waals surface area contributed by atoms with E-state index in [0.29, 0.717) is 6.54 Å². The van der Waals surface area contributed by atoms with Crippen LogP contribution in [0.3, 0.4) is 0 Å². The molecule has 0 fully saturated rings. The van der Waals surface area contributed by atoms with E-state index in [-0.39, 0.29) is 0 Å². The van der Waals surface area contributed by atoms with Gasteiger partial charge in [-0.25, -0.2) is 12.7 Å². The van der Waals surface area contributed by atoms with E-state index >= 15 is 0 Å². The van der Waals surface area contributed by atoms with Gasteiger partial charge in [-0.15, -0.1) is 0 Å². The first-order valence-corrected chi connectivity index (χ1v) is 9.19. The van der Waals surface area contributed by atoms with Gasteiger partial charge in [0.2, 0.25) is 15.9 Å². The normalized spacial score (nSPS) is 11.5. The molecule has 2 rings (SSSR count). The smallest absolute Gasteiger partial charge is 0.239 e. The monoisotopic (exact) mass is 346 g/mol. The molecule has 0 unspecified atom stereocenters. The third kappa shape index (κ3) is 4.66. The summed E-state index contributed by atoms with van der Waals surface area (Å²) in [5, 5.41) is 0. The highest BCUT2D eigenvalue weighted by Crippen LogP contribution is 2.19. The van der Waals surface area contributed by atoms with Gasteiger partial charge in [-0.2, -0.15) is 0 Å². The number of benzene rings is 2. The second-order valence-electron chi connectivity index (χ2n) is 5.85. The zero-order valence-corrected chi connectivity index (χ0v) is 15.0. The molecule has 0 saturated heterocycles. The van der Waals surface area contributed by atoms with Crippen molar-refractivity contribution in [3.63, 3.8) is 0 Å². The van der Waals surface area contributed by atoms with Crippen LogP contribution in [0.1, 0.15) is 5.56 Å². The highest BCUT2D eigenvalue weighted by Gasteiger charge is 2.21. The van der Waals surface area contributed by atoms with Crippen LogP contribution in [0.25, 0.3) is 11.1 Å². The Kier molecular flexibility index (Phi) is 5.75. The number of carbonyl (C=O) groups excluding carboxylic acids is 1. The average Bonchev–Trinajstić information content (AvgIpc) is 2.55. The Morgan fingerprint density at radius 2 is 1.42 bits per heavy atom. The van der Waals surface area contributed by atoms with Gasteiger partial charge >= 0.3 is 0 Å². The van der Waals surface area contributed by atoms with Crippen molar-refractivity contribution < 1.29 is 13.2 Å². The average molecular weight is 346 g/mol. The second kappa shape index (κ2) is 7.59. The van der Waals surface area contributed by atoms with Crippen LogP contribution in [-0.2, 0) is 21.4 Å². The zero-order valence-electron chi connectivity index (χ0n) is 14.1. The van der Waals surface area contributed by atoms with Crippen LogP contribution >= 0.6 is 0 Å². The lowest BCUT2D eigenvalue weighted by Crippen LogP contribution is -2.36. The standard InChI is InChI=1S/C18H22N2O3S/c1-19(2)24(22,23)14-18(21)20(3)13-15-9-11-17(12-10-15)16-7-5-4-6-8-16/h4-12H,13-14H2,1-3H3. The summed E-state index contributed by atoms with van der Waals surface area (Å²) >= 11 is 0. The molecule has 24 heavy (non-hydrogen) atoms. The number of hydrogen-bond acceptors (Lipinski definition) is 3. The predicted molar refractivity (Wildman–Crippen MR) is 95.8 cm³/mol. The van der Waals surface area contributed by atoms with E-state index < -0.39 is 21.7 Å². The summed E-state index contributed by atoms with van der Waals surface area (Å²) in [4.78, 5) is 13.5.